The molecule has 1 amide bonds. The van der Waals surface area contributed by atoms with E-state index in [1.165, 1.54) is 0 Å². The first-order valence-electron chi connectivity index (χ1n) is 5.11. The molecule has 1 rings (SSSR count). The van der Waals surface area contributed by atoms with Crippen molar-refractivity contribution in [2.24, 2.45) is 10.7 Å². The molecule has 0 aromatic rings. The second kappa shape index (κ2) is 8.96. The number of aliphatic imine (C=N–C) groups is 1. The first-order chi connectivity index (χ1) is 7.50. The summed E-state index contributed by atoms with van der Waals surface area (Å²) in [6, 6.07) is -1.11. The van der Waals surface area contributed by atoms with Crippen LogP contribution in [0.2, 0.25) is 0 Å². The monoisotopic (exact) mass is 300 g/mol. The lowest BCUT2D eigenvalue weighted by molar-refractivity contribution is -0.138. The van der Waals surface area contributed by atoms with E-state index in [0.29, 0.717) is 25.3 Å². The fourth-order valence-corrected chi connectivity index (χ4v) is 1.24. The molecule has 1 unspecified atom stereocenters. The normalized spacial score (nSPS) is 21.3. The summed E-state index contributed by atoms with van der Waals surface area (Å²) >= 11 is 0. The second-order valence-electron chi connectivity index (χ2n) is 3.67. The van der Waals surface area contributed by atoms with Crippen molar-refractivity contribution in [3.05, 3.63) is 0 Å². The predicted octanol–water partition coefficient (Wildman–Crippen LogP) is -0.514. The lowest BCUT2D eigenvalue weighted by Crippen LogP contribution is -2.30. The number of hydrogen-bond acceptors (Lipinski definition) is 4. The molecule has 2 atom stereocenters. The van der Waals surface area contributed by atoms with Gasteiger partial charge < -0.3 is 16.2 Å². The van der Waals surface area contributed by atoms with Gasteiger partial charge in [-0.3, -0.25) is 19.9 Å². The molecule has 1 aliphatic heterocycles. The largest absolute Gasteiger partial charge is 0.480 e. The van der Waals surface area contributed by atoms with Gasteiger partial charge in [0.1, 0.15) is 12.1 Å². The SMILES string of the molecule is CC1NC(=NCCC[C@H](N)C(=O)O)NC1=O.Cl.Cl. The number of amides is 1. The maximum Gasteiger partial charge on any atom is 0.320 e. The number of halogens is 2. The van der Waals surface area contributed by atoms with Gasteiger partial charge in [-0.05, 0) is 19.8 Å². The molecule has 106 valence electrons. The molecule has 5 N–H and O–H groups in total. The maximum atomic E-state index is 11.1. The van der Waals surface area contributed by atoms with Gasteiger partial charge in [0.05, 0.1) is 0 Å². The van der Waals surface area contributed by atoms with Crippen molar-refractivity contribution in [2.45, 2.75) is 31.8 Å². The number of aliphatic carboxylic acids is 1. The van der Waals surface area contributed by atoms with Crippen LogP contribution in [0.25, 0.3) is 0 Å². The van der Waals surface area contributed by atoms with Crippen LogP contribution in [0.4, 0.5) is 0 Å². The van der Waals surface area contributed by atoms with Crippen LogP contribution in [0, 0.1) is 0 Å². The highest BCUT2D eigenvalue weighted by atomic mass is 35.5. The van der Waals surface area contributed by atoms with Crippen LogP contribution >= 0.6 is 24.8 Å². The number of nitrogens with two attached hydrogens (primary N) is 1. The molecule has 0 aromatic heterocycles. The number of rotatable bonds is 5. The minimum atomic E-state index is -1.01. The molecular formula is C9H18Cl2N4O3. The molecule has 0 spiro atoms. The Balaban J connectivity index is 0. The lowest BCUT2D eigenvalue weighted by Gasteiger charge is -2.04. The van der Waals surface area contributed by atoms with Crippen LogP contribution in [0.5, 0.6) is 0 Å². The first kappa shape index (κ1) is 19.3. The summed E-state index contributed by atoms with van der Waals surface area (Å²) in [6.45, 7) is 2.18. The molecule has 0 aliphatic carbocycles. The molecule has 7 nitrogen and oxygen atoms in total. The molecule has 1 fully saturated rings. The topological polar surface area (TPSA) is 117 Å². The summed E-state index contributed by atoms with van der Waals surface area (Å²) in [6.07, 6.45) is 0.943. The minimum Gasteiger partial charge on any atom is -0.480 e. The summed E-state index contributed by atoms with van der Waals surface area (Å²) in [7, 11) is 0. The van der Waals surface area contributed by atoms with Crippen LogP contribution in [-0.4, -0.2) is 41.6 Å². The molecule has 0 bridgehead atoms. The van der Waals surface area contributed by atoms with E-state index in [4.69, 9.17) is 10.8 Å². The van der Waals surface area contributed by atoms with Gasteiger partial charge in [-0.15, -0.1) is 24.8 Å². The molecule has 18 heavy (non-hydrogen) atoms. The molecule has 1 heterocycles. The highest BCUT2D eigenvalue weighted by molar-refractivity contribution is 6.06. The Morgan fingerprint density at radius 1 is 1.56 bits per heavy atom. The molecule has 1 aliphatic rings. The number of carboxylic acids is 1. The minimum absolute atomic E-state index is 0. The van der Waals surface area contributed by atoms with Gasteiger partial charge in [0.25, 0.3) is 0 Å². The van der Waals surface area contributed by atoms with Crippen molar-refractivity contribution >= 4 is 42.7 Å². The van der Waals surface area contributed by atoms with Crippen LogP contribution in [0.15, 0.2) is 4.99 Å². The number of nitrogens with one attached hydrogen (secondary N) is 2. The van der Waals surface area contributed by atoms with Gasteiger partial charge in [0.2, 0.25) is 5.91 Å². The van der Waals surface area contributed by atoms with Gasteiger partial charge in [-0.25, -0.2) is 0 Å². The number of carboxylic acid groups (broad SMARTS) is 1. The second-order valence-corrected chi connectivity index (χ2v) is 3.67. The summed E-state index contributed by atoms with van der Waals surface area (Å²) in [4.78, 5) is 25.5. The van der Waals surface area contributed by atoms with Gasteiger partial charge in [-0.2, -0.15) is 0 Å². The van der Waals surface area contributed by atoms with Crippen molar-refractivity contribution in [1.82, 2.24) is 10.6 Å². The molecule has 1 saturated heterocycles. The molecule has 0 aromatic carbocycles. The Morgan fingerprint density at radius 3 is 2.61 bits per heavy atom. The average molecular weight is 301 g/mol. The van der Waals surface area contributed by atoms with Crippen LogP contribution in [-0.2, 0) is 9.59 Å². The van der Waals surface area contributed by atoms with E-state index in [-0.39, 0.29) is 36.8 Å². The van der Waals surface area contributed by atoms with Crippen molar-refractivity contribution in [2.75, 3.05) is 6.54 Å². The van der Waals surface area contributed by atoms with Crippen molar-refractivity contribution in [1.29, 1.82) is 0 Å². The van der Waals surface area contributed by atoms with Crippen molar-refractivity contribution in [3.8, 4) is 0 Å². The van der Waals surface area contributed by atoms with Crippen molar-refractivity contribution in [3.63, 3.8) is 0 Å². The van der Waals surface area contributed by atoms with E-state index in [1.807, 2.05) is 0 Å². The Morgan fingerprint density at radius 2 is 2.17 bits per heavy atom. The fourth-order valence-electron chi connectivity index (χ4n) is 1.24. The zero-order valence-electron chi connectivity index (χ0n) is 9.88. The number of carbonyl (C=O) groups is 2. The Labute approximate surface area is 117 Å². The molecular weight excluding hydrogens is 283 g/mol. The Hall–Kier alpha value is -1.05. The van der Waals surface area contributed by atoms with E-state index < -0.39 is 12.0 Å². The predicted molar refractivity (Wildman–Crippen MR) is 72.4 cm³/mol. The number of carbonyl (C=O) groups excluding carboxylic acids is 1. The standard InChI is InChI=1S/C9H16N4O3.2ClH/c1-5-7(14)13-9(12-5)11-4-2-3-6(10)8(15)16;;/h5-6H,2-4,10H2,1H3,(H,15,16)(H2,11,12,13,14);2*1H/t5?,6-;;/m0../s1. The third-order valence-electron chi connectivity index (χ3n) is 2.25. The number of nitrogens with zero attached hydrogens (tertiary/aromatic N) is 1. The summed E-state index contributed by atoms with van der Waals surface area (Å²) in [5, 5.41) is 14.0. The van der Waals surface area contributed by atoms with E-state index in [2.05, 4.69) is 15.6 Å². The summed E-state index contributed by atoms with van der Waals surface area (Å²) < 4.78 is 0. The number of hydrogen-bond donors (Lipinski definition) is 4. The van der Waals surface area contributed by atoms with Gasteiger partial charge in [0.15, 0.2) is 5.96 Å². The first-order valence-corrected chi connectivity index (χ1v) is 5.11. The Kier molecular flexibility index (Phi) is 9.60. The Bertz CT molecular complexity index is 325. The quantitative estimate of drug-likeness (QED) is 0.510. The molecule has 0 saturated carbocycles. The maximum absolute atomic E-state index is 11.1. The zero-order valence-corrected chi connectivity index (χ0v) is 11.5. The highest BCUT2D eigenvalue weighted by Crippen LogP contribution is 1.97. The summed E-state index contributed by atoms with van der Waals surface area (Å²) in [5.74, 6) is -0.670. The zero-order chi connectivity index (χ0) is 12.1. The summed E-state index contributed by atoms with van der Waals surface area (Å²) in [5.41, 5.74) is 5.32. The average Bonchev–Trinajstić information content (AvgIpc) is 2.53. The van der Waals surface area contributed by atoms with Crippen molar-refractivity contribution < 1.29 is 14.7 Å². The van der Waals surface area contributed by atoms with E-state index in [1.54, 1.807) is 6.92 Å². The highest BCUT2D eigenvalue weighted by Gasteiger charge is 2.23. The van der Waals surface area contributed by atoms with Gasteiger partial charge in [-0.1, -0.05) is 0 Å². The van der Waals surface area contributed by atoms with Crippen LogP contribution < -0.4 is 16.4 Å². The smallest absolute Gasteiger partial charge is 0.320 e. The third kappa shape index (κ3) is 6.04. The lowest BCUT2D eigenvalue weighted by atomic mass is 10.2. The van der Waals surface area contributed by atoms with E-state index in [9.17, 15) is 9.59 Å². The third-order valence-corrected chi connectivity index (χ3v) is 2.25. The molecule has 9 heteroatoms. The molecule has 0 radical (unpaired) electrons. The van der Waals surface area contributed by atoms with Crippen LogP contribution in [0.3, 0.4) is 0 Å². The van der Waals surface area contributed by atoms with Crippen LogP contribution in [0.1, 0.15) is 19.8 Å². The van der Waals surface area contributed by atoms with Gasteiger partial charge >= 0.3 is 5.97 Å². The van der Waals surface area contributed by atoms with E-state index in [0.717, 1.165) is 0 Å². The van der Waals surface area contributed by atoms with E-state index >= 15 is 0 Å². The number of guanidine groups is 1. The van der Waals surface area contributed by atoms with Gasteiger partial charge in [0, 0.05) is 6.54 Å². The fraction of sp³-hybridized carbons (Fsp3) is 0.667.